The molecule has 3 rings (SSSR count). The van der Waals surface area contributed by atoms with E-state index < -0.39 is 0 Å². The molecule has 32 heavy (non-hydrogen) atoms. The number of aromatic hydroxyl groups is 2. The van der Waals surface area contributed by atoms with E-state index >= 15 is 0 Å². The lowest BCUT2D eigenvalue weighted by Crippen LogP contribution is -2.46. The van der Waals surface area contributed by atoms with Crippen LogP contribution in [0.1, 0.15) is 46.0 Å². The summed E-state index contributed by atoms with van der Waals surface area (Å²) in [6, 6.07) is 1.41. The maximum atomic E-state index is 13.1. The summed E-state index contributed by atoms with van der Waals surface area (Å²) >= 11 is 0. The highest BCUT2D eigenvalue weighted by molar-refractivity contribution is 6.06. The molecule has 2 N–H and O–H groups in total. The third-order valence-corrected chi connectivity index (χ3v) is 6.68. The summed E-state index contributed by atoms with van der Waals surface area (Å²) in [5.74, 6) is -0.769. The van der Waals surface area contributed by atoms with Gasteiger partial charge >= 0.3 is 0 Å². The highest BCUT2D eigenvalue weighted by Gasteiger charge is 2.27. The minimum Gasteiger partial charge on any atom is -0.507 e. The Bertz CT molecular complexity index is 752. The van der Waals surface area contributed by atoms with E-state index in [1.807, 2.05) is 6.92 Å². The number of piperazine rings is 2. The third kappa shape index (κ3) is 6.07. The zero-order valence-corrected chi connectivity index (χ0v) is 19.8. The van der Waals surface area contributed by atoms with Crippen LogP contribution in [0.4, 0.5) is 0 Å². The quantitative estimate of drug-likeness (QED) is 0.549. The first-order valence-electron chi connectivity index (χ1n) is 11.8. The van der Waals surface area contributed by atoms with Crippen LogP contribution in [0.2, 0.25) is 0 Å². The molecule has 0 amide bonds. The predicted octanol–water partition coefficient (Wildman–Crippen LogP) is 1.30. The van der Waals surface area contributed by atoms with E-state index in [0.717, 1.165) is 65.2 Å². The monoisotopic (exact) mass is 446 g/mol. The molecule has 1 aromatic carbocycles. The summed E-state index contributed by atoms with van der Waals surface area (Å²) in [7, 11) is 4.12. The predicted molar refractivity (Wildman–Crippen MR) is 125 cm³/mol. The van der Waals surface area contributed by atoms with E-state index in [-0.39, 0.29) is 47.3 Å². The number of carbonyl (C=O) groups is 2. The lowest BCUT2D eigenvalue weighted by atomic mass is 9.94. The first-order valence-corrected chi connectivity index (χ1v) is 11.8. The van der Waals surface area contributed by atoms with Crippen molar-refractivity contribution in [2.75, 3.05) is 79.5 Å². The van der Waals surface area contributed by atoms with Gasteiger partial charge in [-0.1, -0.05) is 13.3 Å². The second kappa shape index (κ2) is 11.2. The van der Waals surface area contributed by atoms with E-state index in [9.17, 15) is 19.8 Å². The zero-order chi connectivity index (χ0) is 23.3. The van der Waals surface area contributed by atoms with E-state index in [0.29, 0.717) is 12.0 Å². The number of unbranched alkanes of at least 4 members (excludes halogenated alkanes) is 1. The molecule has 8 heteroatoms. The Morgan fingerprint density at radius 2 is 1.19 bits per heavy atom. The summed E-state index contributed by atoms with van der Waals surface area (Å²) in [6.45, 7) is 9.16. The molecule has 0 aromatic heterocycles. The van der Waals surface area contributed by atoms with Crippen molar-refractivity contribution in [3.8, 4) is 11.5 Å². The van der Waals surface area contributed by atoms with Crippen LogP contribution in [0, 0.1) is 0 Å². The lowest BCUT2D eigenvalue weighted by molar-refractivity contribution is 0.0872. The van der Waals surface area contributed by atoms with Crippen LogP contribution in [0.25, 0.3) is 0 Å². The van der Waals surface area contributed by atoms with Gasteiger partial charge in [-0.25, -0.2) is 0 Å². The molecule has 0 radical (unpaired) electrons. The molecule has 8 nitrogen and oxygen atoms in total. The summed E-state index contributed by atoms with van der Waals surface area (Å²) in [4.78, 5) is 34.8. The molecule has 2 fully saturated rings. The first-order chi connectivity index (χ1) is 15.3. The smallest absolute Gasteiger partial charge is 0.180 e. The van der Waals surface area contributed by atoms with Crippen molar-refractivity contribution in [3.05, 3.63) is 22.8 Å². The normalized spacial score (nSPS) is 19.3. The Hall–Kier alpha value is -2.00. The minimum absolute atomic E-state index is 0.148. The van der Waals surface area contributed by atoms with Gasteiger partial charge in [-0.15, -0.1) is 0 Å². The van der Waals surface area contributed by atoms with Crippen molar-refractivity contribution in [1.82, 2.24) is 19.6 Å². The van der Waals surface area contributed by atoms with Gasteiger partial charge in [0.2, 0.25) is 0 Å². The van der Waals surface area contributed by atoms with Crippen molar-refractivity contribution in [2.24, 2.45) is 0 Å². The standard InChI is InChI=1S/C24H38N4O4/c1-4-5-6-18-23(31)19(21(29)16-27-11-7-25(2)8-12-27)15-20(24(18)32)22(30)17-28-13-9-26(3)10-14-28/h15,31-32H,4-14,16-17H2,1-3H3. The average Bonchev–Trinajstić information content (AvgIpc) is 2.77. The number of hydrogen-bond acceptors (Lipinski definition) is 8. The van der Waals surface area contributed by atoms with Gasteiger partial charge in [0.15, 0.2) is 11.6 Å². The molecular weight excluding hydrogens is 408 g/mol. The molecule has 0 spiro atoms. The van der Waals surface area contributed by atoms with Crippen LogP contribution < -0.4 is 0 Å². The molecule has 2 heterocycles. The van der Waals surface area contributed by atoms with Crippen LogP contribution in [-0.4, -0.2) is 121 Å². The third-order valence-electron chi connectivity index (χ3n) is 6.68. The summed E-state index contributed by atoms with van der Waals surface area (Å²) in [5.41, 5.74) is 0.613. The van der Waals surface area contributed by atoms with Crippen molar-refractivity contribution >= 4 is 11.6 Å². The molecule has 2 saturated heterocycles. The van der Waals surface area contributed by atoms with Crippen molar-refractivity contribution in [2.45, 2.75) is 26.2 Å². The van der Waals surface area contributed by atoms with E-state index in [1.54, 1.807) is 0 Å². The topological polar surface area (TPSA) is 87.6 Å². The molecule has 0 bridgehead atoms. The summed E-state index contributed by atoms with van der Waals surface area (Å²) in [5, 5.41) is 21.7. The highest BCUT2D eigenvalue weighted by atomic mass is 16.3. The summed E-state index contributed by atoms with van der Waals surface area (Å²) < 4.78 is 0. The number of nitrogens with zero attached hydrogens (tertiary/aromatic N) is 4. The van der Waals surface area contributed by atoms with Crippen molar-refractivity contribution in [3.63, 3.8) is 0 Å². The largest absolute Gasteiger partial charge is 0.507 e. The molecule has 1 aromatic rings. The molecule has 0 atom stereocenters. The fourth-order valence-corrected chi connectivity index (χ4v) is 4.32. The Kier molecular flexibility index (Phi) is 8.64. The summed E-state index contributed by atoms with van der Waals surface area (Å²) in [6.07, 6.45) is 2.06. The molecule has 2 aliphatic heterocycles. The van der Waals surface area contributed by atoms with Crippen LogP contribution in [0.3, 0.4) is 0 Å². The fourth-order valence-electron chi connectivity index (χ4n) is 4.32. The van der Waals surface area contributed by atoms with E-state index in [1.165, 1.54) is 6.07 Å². The fraction of sp³-hybridized carbons (Fsp3) is 0.667. The number of benzene rings is 1. The maximum Gasteiger partial charge on any atom is 0.180 e. The number of ketones is 2. The molecule has 2 aliphatic rings. The molecular formula is C24H38N4O4. The molecule has 178 valence electrons. The second-order valence-electron chi connectivity index (χ2n) is 9.26. The van der Waals surface area contributed by atoms with Crippen LogP contribution in [0.5, 0.6) is 11.5 Å². The maximum absolute atomic E-state index is 13.1. The van der Waals surface area contributed by atoms with Gasteiger partial charge in [-0.3, -0.25) is 19.4 Å². The number of likely N-dealkylation sites (N-methyl/N-ethyl adjacent to an activating group) is 2. The first kappa shape index (κ1) is 24.6. The Morgan fingerprint density at radius 1 is 0.781 bits per heavy atom. The van der Waals surface area contributed by atoms with Gasteiger partial charge in [-0.05, 0) is 33.0 Å². The van der Waals surface area contributed by atoms with Gasteiger partial charge in [0.25, 0.3) is 0 Å². The van der Waals surface area contributed by atoms with Gasteiger partial charge < -0.3 is 20.0 Å². The average molecular weight is 447 g/mol. The molecule has 0 saturated carbocycles. The van der Waals surface area contributed by atoms with Crippen LogP contribution in [-0.2, 0) is 6.42 Å². The number of rotatable bonds is 9. The second-order valence-corrected chi connectivity index (χ2v) is 9.26. The van der Waals surface area contributed by atoms with Crippen LogP contribution in [0.15, 0.2) is 6.07 Å². The molecule has 0 unspecified atom stereocenters. The van der Waals surface area contributed by atoms with Gasteiger partial charge in [0.05, 0.1) is 24.2 Å². The minimum atomic E-state index is -0.210. The highest BCUT2D eigenvalue weighted by Crippen LogP contribution is 2.36. The Morgan fingerprint density at radius 3 is 1.56 bits per heavy atom. The number of hydrogen-bond donors (Lipinski definition) is 2. The number of phenols is 2. The van der Waals surface area contributed by atoms with E-state index in [2.05, 4.69) is 33.7 Å². The lowest BCUT2D eigenvalue weighted by Gasteiger charge is -2.32. The van der Waals surface area contributed by atoms with Gasteiger partial charge in [0, 0.05) is 57.9 Å². The zero-order valence-electron chi connectivity index (χ0n) is 19.8. The van der Waals surface area contributed by atoms with Gasteiger partial charge in [0.1, 0.15) is 11.5 Å². The van der Waals surface area contributed by atoms with Crippen LogP contribution >= 0.6 is 0 Å². The Balaban J connectivity index is 1.83. The Labute approximate surface area is 191 Å². The van der Waals surface area contributed by atoms with Crippen molar-refractivity contribution < 1.29 is 19.8 Å². The number of Topliss-reactive ketones (excluding diaryl/α,β-unsaturated/α-hetero) is 2. The molecule has 0 aliphatic carbocycles. The van der Waals surface area contributed by atoms with Crippen molar-refractivity contribution in [1.29, 1.82) is 0 Å². The number of phenolic OH excluding ortho intramolecular Hbond substituents is 2. The van der Waals surface area contributed by atoms with Gasteiger partial charge in [-0.2, -0.15) is 0 Å². The SMILES string of the molecule is CCCCc1c(O)c(C(=O)CN2CCN(C)CC2)cc(C(=O)CN2CCN(C)CC2)c1O. The number of carbonyl (C=O) groups excluding carboxylic acids is 2. The van der Waals surface area contributed by atoms with E-state index in [4.69, 9.17) is 0 Å².